The van der Waals surface area contributed by atoms with Crippen LogP contribution in [0.4, 0.5) is 0 Å². The number of hydrogen-bond acceptors (Lipinski definition) is 8. The highest BCUT2D eigenvalue weighted by Gasteiger charge is 2.13. The molecule has 0 aliphatic rings. The molecule has 1 unspecified atom stereocenters. The van der Waals surface area contributed by atoms with Gasteiger partial charge in [0.25, 0.3) is 0 Å². The van der Waals surface area contributed by atoms with Gasteiger partial charge in [-0.2, -0.15) is 0 Å². The monoisotopic (exact) mass is 376 g/mol. The van der Waals surface area contributed by atoms with E-state index in [1.54, 1.807) is 6.92 Å². The first kappa shape index (κ1) is 24.8. The van der Waals surface area contributed by atoms with Crippen molar-refractivity contribution in [3.8, 4) is 0 Å². The van der Waals surface area contributed by atoms with Crippen LogP contribution in [-0.2, 0) is 19.1 Å². The fourth-order valence-corrected chi connectivity index (χ4v) is 2.28. The van der Waals surface area contributed by atoms with Crippen LogP contribution in [0.2, 0.25) is 0 Å². The molecule has 0 aliphatic carbocycles. The summed E-state index contributed by atoms with van der Waals surface area (Å²) in [6.45, 7) is 7.11. The van der Waals surface area contributed by atoms with Crippen molar-refractivity contribution in [2.24, 2.45) is 0 Å². The van der Waals surface area contributed by atoms with Gasteiger partial charge in [0.2, 0.25) is 0 Å². The lowest BCUT2D eigenvalue weighted by Crippen LogP contribution is -2.37. The summed E-state index contributed by atoms with van der Waals surface area (Å²) in [5.74, 6) is -0.527. The Morgan fingerprint density at radius 3 is 2.27 bits per heavy atom. The second-order valence-corrected chi connectivity index (χ2v) is 6.40. The lowest BCUT2D eigenvalue weighted by molar-refractivity contribution is -0.150. The molecular weight excluding hydrogens is 340 g/mol. The smallest absolute Gasteiger partial charge is 0.307 e. The third-order valence-corrected chi connectivity index (χ3v) is 3.90. The second kappa shape index (κ2) is 16.0. The number of nitrogens with zero attached hydrogens (tertiary/aromatic N) is 2. The van der Waals surface area contributed by atoms with Crippen LogP contribution in [-0.4, -0.2) is 97.6 Å². The van der Waals surface area contributed by atoms with Crippen molar-refractivity contribution >= 4 is 11.9 Å². The Bertz CT molecular complexity index is 381. The van der Waals surface area contributed by atoms with Crippen LogP contribution in [0.3, 0.4) is 0 Å². The van der Waals surface area contributed by atoms with E-state index < -0.39 is 0 Å². The predicted molar refractivity (Wildman–Crippen MR) is 98.8 cm³/mol. The van der Waals surface area contributed by atoms with Crippen LogP contribution in [0.25, 0.3) is 0 Å². The van der Waals surface area contributed by atoms with Gasteiger partial charge in [-0.05, 0) is 20.4 Å². The Morgan fingerprint density at radius 2 is 1.65 bits per heavy atom. The largest absolute Gasteiger partial charge is 0.466 e. The molecule has 0 aliphatic heterocycles. The fraction of sp³-hybridized carbons (Fsp3) is 0.889. The van der Waals surface area contributed by atoms with Gasteiger partial charge in [0.05, 0.1) is 26.2 Å². The number of ether oxygens (including phenoxy) is 2. The molecule has 0 saturated carbocycles. The molecule has 0 amide bonds. The molecule has 0 aromatic heterocycles. The van der Waals surface area contributed by atoms with Crippen molar-refractivity contribution in [2.45, 2.75) is 45.6 Å². The van der Waals surface area contributed by atoms with E-state index in [0.717, 1.165) is 13.0 Å². The second-order valence-electron chi connectivity index (χ2n) is 6.40. The zero-order chi connectivity index (χ0) is 19.8. The van der Waals surface area contributed by atoms with Gasteiger partial charge in [0.15, 0.2) is 0 Å². The zero-order valence-corrected chi connectivity index (χ0v) is 16.5. The summed E-state index contributed by atoms with van der Waals surface area (Å²) < 4.78 is 10.4. The van der Waals surface area contributed by atoms with Gasteiger partial charge in [-0.25, -0.2) is 0 Å². The third-order valence-electron chi connectivity index (χ3n) is 3.90. The van der Waals surface area contributed by atoms with Gasteiger partial charge in [0, 0.05) is 45.6 Å². The molecule has 154 valence electrons. The summed E-state index contributed by atoms with van der Waals surface area (Å²) in [6, 6.07) is 0. The molecule has 1 atom stereocenters. The van der Waals surface area contributed by atoms with E-state index in [-0.39, 0.29) is 44.3 Å². The first-order valence-corrected chi connectivity index (χ1v) is 9.40. The maximum atomic E-state index is 11.9. The summed E-state index contributed by atoms with van der Waals surface area (Å²) in [5, 5.41) is 18.0. The molecule has 0 bridgehead atoms. The molecule has 0 radical (unpaired) electrons. The van der Waals surface area contributed by atoms with Gasteiger partial charge in [0.1, 0.15) is 6.10 Å². The lowest BCUT2D eigenvalue weighted by atomic mass is 10.3. The first-order valence-electron chi connectivity index (χ1n) is 9.40. The van der Waals surface area contributed by atoms with E-state index in [2.05, 4.69) is 0 Å². The minimum Gasteiger partial charge on any atom is -0.466 e. The van der Waals surface area contributed by atoms with E-state index >= 15 is 0 Å². The van der Waals surface area contributed by atoms with Crippen LogP contribution in [0, 0.1) is 0 Å². The van der Waals surface area contributed by atoms with Crippen molar-refractivity contribution in [3.63, 3.8) is 0 Å². The number of rotatable bonds is 16. The summed E-state index contributed by atoms with van der Waals surface area (Å²) in [5.41, 5.74) is 0. The number of likely N-dealkylation sites (N-methyl/N-ethyl adjacent to an activating group) is 1. The fourth-order valence-electron chi connectivity index (χ4n) is 2.28. The summed E-state index contributed by atoms with van der Waals surface area (Å²) in [4.78, 5) is 27.2. The molecular formula is C18H36N2O6. The molecule has 0 saturated heterocycles. The molecule has 0 aromatic carbocycles. The Morgan fingerprint density at radius 1 is 0.962 bits per heavy atom. The molecule has 0 aromatic rings. The van der Waals surface area contributed by atoms with Crippen molar-refractivity contribution in [1.82, 2.24) is 9.80 Å². The normalized spacial score (nSPS) is 12.4. The van der Waals surface area contributed by atoms with E-state index in [9.17, 15) is 9.59 Å². The maximum Gasteiger partial charge on any atom is 0.307 e. The number of aliphatic hydroxyl groups is 2. The maximum absolute atomic E-state index is 11.9. The lowest BCUT2D eigenvalue weighted by Gasteiger charge is -2.24. The van der Waals surface area contributed by atoms with E-state index in [0.29, 0.717) is 39.0 Å². The van der Waals surface area contributed by atoms with Crippen molar-refractivity contribution < 1.29 is 29.3 Å². The molecule has 8 nitrogen and oxygen atoms in total. The van der Waals surface area contributed by atoms with Crippen LogP contribution < -0.4 is 0 Å². The molecule has 0 spiro atoms. The molecule has 0 rings (SSSR count). The first-order chi connectivity index (χ1) is 12.4. The van der Waals surface area contributed by atoms with Crippen LogP contribution in [0.15, 0.2) is 0 Å². The summed E-state index contributed by atoms with van der Waals surface area (Å²) in [6.07, 6.45) is 1.57. The van der Waals surface area contributed by atoms with Crippen LogP contribution >= 0.6 is 0 Å². The van der Waals surface area contributed by atoms with Gasteiger partial charge < -0.3 is 24.6 Å². The quantitative estimate of drug-likeness (QED) is 0.370. The number of esters is 2. The average molecular weight is 376 g/mol. The van der Waals surface area contributed by atoms with Gasteiger partial charge in [-0.1, -0.05) is 6.92 Å². The molecule has 0 fully saturated rings. The van der Waals surface area contributed by atoms with Crippen molar-refractivity contribution in [2.75, 3.05) is 59.6 Å². The van der Waals surface area contributed by atoms with Crippen molar-refractivity contribution in [1.29, 1.82) is 0 Å². The highest BCUT2D eigenvalue weighted by Crippen LogP contribution is 2.03. The Balaban J connectivity index is 4.00. The summed E-state index contributed by atoms with van der Waals surface area (Å²) in [7, 11) is 1.91. The van der Waals surface area contributed by atoms with Gasteiger partial charge in [-0.3, -0.25) is 14.5 Å². The topological polar surface area (TPSA) is 99.5 Å². The predicted octanol–water partition coefficient (Wildman–Crippen LogP) is 0.260. The van der Waals surface area contributed by atoms with Crippen LogP contribution in [0.5, 0.6) is 0 Å². The standard InChI is InChI=1S/C18H36N2O6/c1-4-5-17(23)25-15-7-16(2)26-18(24)6-8-20(12-14-22)10-9-19(3)11-13-21/h16,21-22H,4-15H2,1-3H3. The SMILES string of the molecule is CCCC(=O)OCCC(C)OC(=O)CCN(CCO)CCN(C)CCO. The highest BCUT2D eigenvalue weighted by molar-refractivity contribution is 5.70. The molecule has 0 heterocycles. The van der Waals surface area contributed by atoms with Crippen molar-refractivity contribution in [3.05, 3.63) is 0 Å². The Kier molecular flexibility index (Phi) is 15.2. The summed E-state index contributed by atoms with van der Waals surface area (Å²) >= 11 is 0. The number of hydrogen-bond donors (Lipinski definition) is 2. The minimum absolute atomic E-state index is 0.0261. The highest BCUT2D eigenvalue weighted by atomic mass is 16.6. The van der Waals surface area contributed by atoms with E-state index in [1.807, 2.05) is 23.8 Å². The Labute approximate surface area is 157 Å². The van der Waals surface area contributed by atoms with Crippen LogP contribution in [0.1, 0.15) is 39.5 Å². The average Bonchev–Trinajstić information content (AvgIpc) is 2.57. The zero-order valence-electron chi connectivity index (χ0n) is 16.5. The van der Waals surface area contributed by atoms with E-state index in [1.165, 1.54) is 0 Å². The molecule has 8 heteroatoms. The molecule has 26 heavy (non-hydrogen) atoms. The minimum atomic E-state index is -0.307. The van der Waals surface area contributed by atoms with Gasteiger partial charge in [-0.15, -0.1) is 0 Å². The van der Waals surface area contributed by atoms with Gasteiger partial charge >= 0.3 is 11.9 Å². The number of carbonyl (C=O) groups is 2. The third kappa shape index (κ3) is 14.0. The number of aliphatic hydroxyl groups excluding tert-OH is 2. The Hall–Kier alpha value is -1.22. The van der Waals surface area contributed by atoms with E-state index in [4.69, 9.17) is 19.7 Å². The number of carbonyl (C=O) groups excluding carboxylic acids is 2. The molecule has 2 N–H and O–H groups in total.